The van der Waals surface area contributed by atoms with Crippen LogP contribution in [0.3, 0.4) is 0 Å². The zero-order valence-corrected chi connectivity index (χ0v) is 10.6. The molecule has 1 N–H and O–H groups in total. The summed E-state index contributed by atoms with van der Waals surface area (Å²) >= 11 is 5.89. The Bertz CT molecular complexity index is 386. The normalized spacial score (nSPS) is 24.9. The quantitative estimate of drug-likeness (QED) is 0.899. The van der Waals surface area contributed by atoms with Gasteiger partial charge < -0.3 is 10.1 Å². The number of hydrogen-bond donors (Lipinski definition) is 1. The summed E-state index contributed by atoms with van der Waals surface area (Å²) in [5, 5.41) is 3.86. The number of benzene rings is 1. The molecule has 0 radical (unpaired) electrons. The van der Waals surface area contributed by atoms with Gasteiger partial charge >= 0.3 is 0 Å². The summed E-state index contributed by atoms with van der Waals surface area (Å²) in [5.74, 6) is 0.122. The Labute approximate surface area is 106 Å². The van der Waals surface area contributed by atoms with Crippen LogP contribution in [0.25, 0.3) is 0 Å². The van der Waals surface area contributed by atoms with Gasteiger partial charge in [-0.3, -0.25) is 0 Å². The van der Waals surface area contributed by atoms with Crippen LogP contribution in [0.5, 0.6) is 0 Å². The maximum atomic E-state index is 13.6. The largest absolute Gasteiger partial charge is 0.381 e. The van der Waals surface area contributed by atoms with Crippen LogP contribution in [-0.2, 0) is 11.2 Å². The number of halogens is 2. The van der Waals surface area contributed by atoms with E-state index in [9.17, 15) is 4.39 Å². The molecule has 0 aromatic heterocycles. The maximum absolute atomic E-state index is 13.6. The molecule has 17 heavy (non-hydrogen) atoms. The molecule has 2 nitrogen and oxygen atoms in total. The van der Waals surface area contributed by atoms with E-state index in [4.69, 9.17) is 16.3 Å². The molecule has 0 amide bonds. The van der Waals surface area contributed by atoms with Crippen molar-refractivity contribution in [3.8, 4) is 0 Å². The van der Waals surface area contributed by atoms with Gasteiger partial charge in [0, 0.05) is 23.6 Å². The molecule has 0 bridgehead atoms. The van der Waals surface area contributed by atoms with E-state index in [1.807, 2.05) is 7.05 Å². The second kappa shape index (κ2) is 5.80. The van der Waals surface area contributed by atoms with Crippen LogP contribution in [0.1, 0.15) is 12.0 Å². The van der Waals surface area contributed by atoms with Crippen molar-refractivity contribution in [1.82, 2.24) is 5.32 Å². The number of rotatable bonds is 3. The van der Waals surface area contributed by atoms with E-state index in [1.165, 1.54) is 6.07 Å². The van der Waals surface area contributed by atoms with Gasteiger partial charge in [-0.2, -0.15) is 0 Å². The van der Waals surface area contributed by atoms with Crippen LogP contribution in [0, 0.1) is 11.7 Å². The number of nitrogens with one attached hydrogen (secondary N) is 1. The highest BCUT2D eigenvalue weighted by Crippen LogP contribution is 2.23. The van der Waals surface area contributed by atoms with Gasteiger partial charge in [-0.05, 0) is 43.7 Å². The minimum atomic E-state index is -0.185. The first-order valence-electron chi connectivity index (χ1n) is 5.89. The van der Waals surface area contributed by atoms with E-state index in [1.54, 1.807) is 12.1 Å². The highest BCUT2D eigenvalue weighted by atomic mass is 35.5. The minimum absolute atomic E-state index is 0.185. The van der Waals surface area contributed by atoms with E-state index < -0.39 is 0 Å². The van der Waals surface area contributed by atoms with Gasteiger partial charge in [-0.1, -0.05) is 11.6 Å². The van der Waals surface area contributed by atoms with Gasteiger partial charge in [0.2, 0.25) is 0 Å². The molecular formula is C13H17ClFNO. The van der Waals surface area contributed by atoms with Crippen molar-refractivity contribution < 1.29 is 9.13 Å². The molecule has 1 heterocycles. The summed E-state index contributed by atoms with van der Waals surface area (Å²) < 4.78 is 19.1. The Kier molecular flexibility index (Phi) is 4.37. The molecule has 94 valence electrons. The minimum Gasteiger partial charge on any atom is -0.381 e. The van der Waals surface area contributed by atoms with Gasteiger partial charge in [0.15, 0.2) is 0 Å². The van der Waals surface area contributed by atoms with E-state index in [0.29, 0.717) is 35.6 Å². The fraction of sp³-hybridized carbons (Fsp3) is 0.538. The highest BCUT2D eigenvalue weighted by molar-refractivity contribution is 6.30. The number of hydrogen-bond acceptors (Lipinski definition) is 2. The smallest absolute Gasteiger partial charge is 0.126 e. The zero-order chi connectivity index (χ0) is 12.3. The third kappa shape index (κ3) is 3.18. The summed E-state index contributed by atoms with van der Waals surface area (Å²) in [7, 11) is 1.94. The molecule has 1 aromatic carbocycles. The molecule has 1 aliphatic rings. The zero-order valence-electron chi connectivity index (χ0n) is 9.88. The monoisotopic (exact) mass is 257 g/mol. The SMILES string of the molecule is CNC1CCOCC1Cc1cc(Cl)ccc1F. The molecule has 1 fully saturated rings. The van der Waals surface area contributed by atoms with E-state index in [0.717, 1.165) is 13.0 Å². The molecular weight excluding hydrogens is 241 g/mol. The lowest BCUT2D eigenvalue weighted by Crippen LogP contribution is -2.42. The summed E-state index contributed by atoms with van der Waals surface area (Å²) in [6.07, 6.45) is 1.64. The fourth-order valence-corrected chi connectivity index (χ4v) is 2.55. The van der Waals surface area contributed by atoms with Crippen molar-refractivity contribution >= 4 is 11.6 Å². The van der Waals surface area contributed by atoms with Crippen molar-refractivity contribution in [3.63, 3.8) is 0 Å². The molecule has 1 aliphatic heterocycles. The molecule has 1 saturated heterocycles. The van der Waals surface area contributed by atoms with Crippen LogP contribution in [0.15, 0.2) is 18.2 Å². The van der Waals surface area contributed by atoms with Crippen molar-refractivity contribution in [3.05, 3.63) is 34.6 Å². The van der Waals surface area contributed by atoms with E-state index in [-0.39, 0.29) is 5.82 Å². The van der Waals surface area contributed by atoms with Gasteiger partial charge in [-0.15, -0.1) is 0 Å². The number of ether oxygens (including phenoxy) is 1. The van der Waals surface area contributed by atoms with Gasteiger partial charge in [-0.25, -0.2) is 4.39 Å². The Morgan fingerprint density at radius 2 is 2.35 bits per heavy atom. The fourth-order valence-electron chi connectivity index (χ4n) is 2.36. The molecule has 2 unspecified atom stereocenters. The molecule has 0 spiro atoms. The molecule has 0 saturated carbocycles. The second-order valence-corrected chi connectivity index (χ2v) is 4.90. The van der Waals surface area contributed by atoms with Crippen LogP contribution < -0.4 is 5.32 Å². The standard InChI is InChI=1S/C13H17ClFNO/c1-16-13-4-5-17-8-10(13)6-9-7-11(14)2-3-12(9)15/h2-3,7,10,13,16H,4-6,8H2,1H3. The lowest BCUT2D eigenvalue weighted by Gasteiger charge is -2.31. The third-order valence-corrected chi connectivity index (χ3v) is 3.57. The summed E-state index contributed by atoms with van der Waals surface area (Å²) in [5.41, 5.74) is 0.674. The van der Waals surface area contributed by atoms with Gasteiger partial charge in [0.25, 0.3) is 0 Å². The van der Waals surface area contributed by atoms with Gasteiger partial charge in [0.1, 0.15) is 5.82 Å². The first kappa shape index (κ1) is 12.8. The van der Waals surface area contributed by atoms with E-state index in [2.05, 4.69) is 5.32 Å². The average Bonchev–Trinajstić information content (AvgIpc) is 2.34. The first-order valence-corrected chi connectivity index (χ1v) is 6.27. The first-order chi connectivity index (χ1) is 8.20. The van der Waals surface area contributed by atoms with Crippen LogP contribution >= 0.6 is 11.6 Å². The highest BCUT2D eigenvalue weighted by Gasteiger charge is 2.25. The predicted molar refractivity (Wildman–Crippen MR) is 66.9 cm³/mol. The summed E-state index contributed by atoms with van der Waals surface area (Å²) in [6.45, 7) is 1.46. The summed E-state index contributed by atoms with van der Waals surface area (Å²) in [6, 6.07) is 5.10. The predicted octanol–water partition coefficient (Wildman–Crippen LogP) is 2.65. The van der Waals surface area contributed by atoms with Crippen LogP contribution in [0.2, 0.25) is 5.02 Å². The lowest BCUT2D eigenvalue weighted by atomic mass is 9.89. The lowest BCUT2D eigenvalue weighted by molar-refractivity contribution is 0.0339. The molecule has 2 rings (SSSR count). The maximum Gasteiger partial charge on any atom is 0.126 e. The Balaban J connectivity index is 2.10. The van der Waals surface area contributed by atoms with Crippen molar-refractivity contribution in [2.75, 3.05) is 20.3 Å². The third-order valence-electron chi connectivity index (χ3n) is 3.33. The summed E-state index contributed by atoms with van der Waals surface area (Å²) in [4.78, 5) is 0. The molecule has 0 aliphatic carbocycles. The second-order valence-electron chi connectivity index (χ2n) is 4.46. The molecule has 2 atom stereocenters. The van der Waals surface area contributed by atoms with Crippen LogP contribution in [-0.4, -0.2) is 26.3 Å². The van der Waals surface area contributed by atoms with Gasteiger partial charge in [0.05, 0.1) is 6.61 Å². The van der Waals surface area contributed by atoms with E-state index >= 15 is 0 Å². The molecule has 4 heteroatoms. The Hall–Kier alpha value is -0.640. The van der Waals surface area contributed by atoms with Crippen molar-refractivity contribution in [2.45, 2.75) is 18.9 Å². The Morgan fingerprint density at radius 3 is 3.12 bits per heavy atom. The topological polar surface area (TPSA) is 21.3 Å². The Morgan fingerprint density at radius 1 is 1.53 bits per heavy atom. The average molecular weight is 258 g/mol. The van der Waals surface area contributed by atoms with Crippen molar-refractivity contribution in [2.24, 2.45) is 5.92 Å². The molecule has 1 aromatic rings. The van der Waals surface area contributed by atoms with Crippen molar-refractivity contribution in [1.29, 1.82) is 0 Å². The van der Waals surface area contributed by atoms with Crippen LogP contribution in [0.4, 0.5) is 4.39 Å².